The number of nitrogens with zero attached hydrogens (tertiary/aromatic N) is 1. The number of hydrogen-bond acceptors (Lipinski definition) is 5. The second kappa shape index (κ2) is 6.16. The van der Waals surface area contributed by atoms with E-state index < -0.39 is 34.1 Å². The first-order valence-electron chi connectivity index (χ1n) is 6.35. The highest BCUT2D eigenvalue weighted by Gasteiger charge is 2.22. The normalized spacial score (nSPS) is 10.2. The first-order valence-corrected chi connectivity index (χ1v) is 6.35. The summed E-state index contributed by atoms with van der Waals surface area (Å²) in [6.07, 6.45) is 0. The van der Waals surface area contributed by atoms with Gasteiger partial charge < -0.3 is 15.3 Å². The second-order valence-corrected chi connectivity index (χ2v) is 4.66. The number of carboxylic acids is 3. The minimum absolute atomic E-state index is 0.0348. The van der Waals surface area contributed by atoms with Gasteiger partial charge in [0.15, 0.2) is 0 Å². The van der Waals surface area contributed by atoms with Gasteiger partial charge in [-0.2, -0.15) is 0 Å². The maximum Gasteiger partial charge on any atom is 0.342 e. The van der Waals surface area contributed by atoms with Crippen molar-refractivity contribution in [2.75, 3.05) is 0 Å². The molecule has 0 aromatic heterocycles. The lowest BCUT2D eigenvalue weighted by Crippen LogP contribution is -2.06. The highest BCUT2D eigenvalue weighted by atomic mass is 16.6. The number of aromatic carboxylic acids is 3. The number of carbonyl (C=O) groups is 3. The highest BCUT2D eigenvalue weighted by Crippen LogP contribution is 2.30. The minimum Gasteiger partial charge on any atom is -0.478 e. The molecule has 0 aliphatic heterocycles. The van der Waals surface area contributed by atoms with Crippen LogP contribution in [0.15, 0.2) is 36.4 Å². The molecule has 0 saturated heterocycles. The summed E-state index contributed by atoms with van der Waals surface area (Å²) < 4.78 is 0. The molecule has 0 heterocycles. The summed E-state index contributed by atoms with van der Waals surface area (Å²) in [6, 6.07) is 6.43. The maximum absolute atomic E-state index is 11.3. The molecule has 0 amide bonds. The molecule has 9 nitrogen and oxygen atoms in total. The van der Waals surface area contributed by atoms with Gasteiger partial charge in [0.05, 0.1) is 16.1 Å². The lowest BCUT2D eigenvalue weighted by molar-refractivity contribution is -0.385. The van der Waals surface area contributed by atoms with Crippen molar-refractivity contribution >= 4 is 23.6 Å². The number of carboxylic acid groups (broad SMARTS) is 3. The third-order valence-electron chi connectivity index (χ3n) is 3.23. The fourth-order valence-corrected chi connectivity index (χ4v) is 2.14. The van der Waals surface area contributed by atoms with E-state index in [9.17, 15) is 29.6 Å². The van der Waals surface area contributed by atoms with Crippen molar-refractivity contribution in [1.82, 2.24) is 0 Å². The number of nitro benzene ring substituents is 1. The van der Waals surface area contributed by atoms with Crippen LogP contribution in [-0.2, 0) is 0 Å². The summed E-state index contributed by atoms with van der Waals surface area (Å²) in [5.41, 5.74) is -1.74. The predicted octanol–water partition coefficient (Wildman–Crippen LogP) is 2.36. The fourth-order valence-electron chi connectivity index (χ4n) is 2.14. The van der Waals surface area contributed by atoms with Crippen molar-refractivity contribution in [3.8, 4) is 11.1 Å². The Labute approximate surface area is 133 Å². The molecule has 0 saturated carbocycles. The topological polar surface area (TPSA) is 155 Å². The minimum atomic E-state index is -1.49. The summed E-state index contributed by atoms with van der Waals surface area (Å²) in [4.78, 5) is 43.4. The average molecular weight is 331 g/mol. The third-order valence-corrected chi connectivity index (χ3v) is 3.23. The van der Waals surface area contributed by atoms with E-state index in [1.54, 1.807) is 0 Å². The molecule has 3 N–H and O–H groups in total. The quantitative estimate of drug-likeness (QED) is 0.557. The van der Waals surface area contributed by atoms with E-state index in [0.29, 0.717) is 0 Å². The molecule has 0 spiro atoms. The van der Waals surface area contributed by atoms with Crippen molar-refractivity contribution in [3.05, 3.63) is 63.2 Å². The Morgan fingerprint density at radius 3 is 1.96 bits per heavy atom. The Balaban J connectivity index is 2.70. The summed E-state index contributed by atoms with van der Waals surface area (Å²) in [7, 11) is 0. The lowest BCUT2D eigenvalue weighted by atomic mass is 9.96. The number of benzene rings is 2. The van der Waals surface area contributed by atoms with E-state index in [2.05, 4.69) is 0 Å². The van der Waals surface area contributed by atoms with Crippen molar-refractivity contribution in [3.63, 3.8) is 0 Å². The SMILES string of the molecule is O=C(O)c1ccc(-c2ccc(C(=O)O)c([N+](=O)[O-])c2)c(C(=O)O)c1. The van der Waals surface area contributed by atoms with Gasteiger partial charge in [0.25, 0.3) is 5.69 Å². The van der Waals surface area contributed by atoms with Crippen LogP contribution in [-0.4, -0.2) is 38.2 Å². The Morgan fingerprint density at radius 1 is 0.833 bits per heavy atom. The molecule has 0 aliphatic carbocycles. The van der Waals surface area contributed by atoms with E-state index in [-0.39, 0.29) is 22.3 Å². The van der Waals surface area contributed by atoms with Crippen LogP contribution < -0.4 is 0 Å². The van der Waals surface area contributed by atoms with Gasteiger partial charge in [-0.25, -0.2) is 14.4 Å². The van der Waals surface area contributed by atoms with Crippen LogP contribution in [0.5, 0.6) is 0 Å². The van der Waals surface area contributed by atoms with Crippen LogP contribution in [0.4, 0.5) is 5.69 Å². The van der Waals surface area contributed by atoms with Gasteiger partial charge in [0, 0.05) is 6.07 Å². The Hall–Kier alpha value is -3.75. The van der Waals surface area contributed by atoms with Crippen molar-refractivity contribution in [2.24, 2.45) is 0 Å². The molecule has 0 radical (unpaired) electrons. The molecule has 2 rings (SSSR count). The zero-order valence-corrected chi connectivity index (χ0v) is 11.8. The molecular formula is C15H9NO8. The van der Waals surface area contributed by atoms with Crippen LogP contribution in [0.25, 0.3) is 11.1 Å². The summed E-state index contributed by atoms with van der Waals surface area (Å²) in [5, 5.41) is 38.1. The van der Waals surface area contributed by atoms with Crippen LogP contribution in [0.3, 0.4) is 0 Å². The predicted molar refractivity (Wildman–Crippen MR) is 79.4 cm³/mol. The van der Waals surface area contributed by atoms with Gasteiger partial charge in [0.2, 0.25) is 0 Å². The molecular weight excluding hydrogens is 322 g/mol. The average Bonchev–Trinajstić information content (AvgIpc) is 2.53. The number of nitro groups is 1. The van der Waals surface area contributed by atoms with Gasteiger partial charge in [-0.05, 0) is 29.3 Å². The van der Waals surface area contributed by atoms with Crippen LogP contribution in [0, 0.1) is 10.1 Å². The summed E-state index contributed by atoms with van der Waals surface area (Å²) in [5.74, 6) is -4.23. The molecule has 0 fully saturated rings. The van der Waals surface area contributed by atoms with E-state index in [0.717, 1.165) is 24.3 Å². The molecule has 0 unspecified atom stereocenters. The largest absolute Gasteiger partial charge is 0.478 e. The third kappa shape index (κ3) is 3.04. The summed E-state index contributed by atoms with van der Waals surface area (Å²) in [6.45, 7) is 0. The Kier molecular flexibility index (Phi) is 4.27. The zero-order valence-electron chi connectivity index (χ0n) is 11.8. The van der Waals surface area contributed by atoms with E-state index >= 15 is 0 Å². The Morgan fingerprint density at radius 2 is 1.46 bits per heavy atom. The molecule has 122 valence electrons. The van der Waals surface area contributed by atoms with E-state index in [1.807, 2.05) is 0 Å². The van der Waals surface area contributed by atoms with Crippen molar-refractivity contribution < 1.29 is 34.6 Å². The summed E-state index contributed by atoms with van der Waals surface area (Å²) >= 11 is 0. The van der Waals surface area contributed by atoms with Crippen molar-refractivity contribution in [2.45, 2.75) is 0 Å². The van der Waals surface area contributed by atoms with Gasteiger partial charge in [-0.15, -0.1) is 0 Å². The molecule has 2 aromatic carbocycles. The maximum atomic E-state index is 11.3. The van der Waals surface area contributed by atoms with Gasteiger partial charge in [-0.1, -0.05) is 12.1 Å². The monoisotopic (exact) mass is 331 g/mol. The lowest BCUT2D eigenvalue weighted by Gasteiger charge is -2.08. The Bertz CT molecular complexity index is 887. The molecule has 24 heavy (non-hydrogen) atoms. The number of rotatable bonds is 5. The molecule has 2 aromatic rings. The van der Waals surface area contributed by atoms with Gasteiger partial charge >= 0.3 is 17.9 Å². The molecule has 0 bridgehead atoms. The fraction of sp³-hybridized carbons (Fsp3) is 0. The van der Waals surface area contributed by atoms with E-state index in [4.69, 9.17) is 10.2 Å². The van der Waals surface area contributed by atoms with E-state index in [1.165, 1.54) is 12.1 Å². The first kappa shape index (κ1) is 16.6. The molecule has 0 aliphatic rings. The van der Waals surface area contributed by atoms with Gasteiger partial charge in [-0.3, -0.25) is 10.1 Å². The van der Waals surface area contributed by atoms with Crippen molar-refractivity contribution in [1.29, 1.82) is 0 Å². The smallest absolute Gasteiger partial charge is 0.342 e. The standard InChI is InChI=1S/C15H9NO8/c17-13(18)8-2-3-9(11(5-8)15(21)22)7-1-4-10(14(19)20)12(6-7)16(23)24/h1-6H,(H,17,18)(H,19,20)(H,21,22). The molecule has 0 atom stereocenters. The first-order chi connectivity index (χ1) is 11.2. The van der Waals surface area contributed by atoms with Gasteiger partial charge in [0.1, 0.15) is 5.56 Å². The van der Waals surface area contributed by atoms with Crippen LogP contribution >= 0.6 is 0 Å². The van der Waals surface area contributed by atoms with Crippen LogP contribution in [0.1, 0.15) is 31.1 Å². The highest BCUT2D eigenvalue weighted by molar-refractivity contribution is 6.00. The zero-order chi connectivity index (χ0) is 18.0. The second-order valence-electron chi connectivity index (χ2n) is 4.66. The molecule has 9 heteroatoms. The van der Waals surface area contributed by atoms with Crippen LogP contribution in [0.2, 0.25) is 0 Å². The number of hydrogen-bond donors (Lipinski definition) is 3.